The second-order valence-corrected chi connectivity index (χ2v) is 8.08. The minimum absolute atomic E-state index is 0.203. The van der Waals surface area contributed by atoms with Gasteiger partial charge in [0, 0.05) is 11.2 Å². The summed E-state index contributed by atoms with van der Waals surface area (Å²) in [6.07, 6.45) is 0.594. The summed E-state index contributed by atoms with van der Waals surface area (Å²) in [5.74, 6) is -6.92. The molecule has 2 amide bonds. The SMILES string of the molecule is Cc1ccc(N2C(=O)C3C(c4ccccn4)NC(CC(=O)O)(C(=O)O)C3C2=O)cc1Cl. The number of benzene rings is 1. The molecule has 0 aliphatic carbocycles. The molecule has 0 radical (unpaired) electrons. The summed E-state index contributed by atoms with van der Waals surface area (Å²) in [7, 11) is 0. The molecule has 3 N–H and O–H groups in total. The van der Waals surface area contributed by atoms with E-state index in [4.69, 9.17) is 11.6 Å². The number of imide groups is 1. The Morgan fingerprint density at radius 1 is 1.19 bits per heavy atom. The first-order chi connectivity index (χ1) is 14.7. The predicted molar refractivity (Wildman–Crippen MR) is 108 cm³/mol. The summed E-state index contributed by atoms with van der Waals surface area (Å²) in [5, 5.41) is 22.5. The van der Waals surface area contributed by atoms with Crippen LogP contribution in [0, 0.1) is 18.8 Å². The minimum Gasteiger partial charge on any atom is -0.481 e. The van der Waals surface area contributed by atoms with Crippen LogP contribution < -0.4 is 10.2 Å². The Morgan fingerprint density at radius 3 is 2.52 bits per heavy atom. The number of carbonyl (C=O) groups is 4. The van der Waals surface area contributed by atoms with E-state index in [1.54, 1.807) is 37.3 Å². The number of carboxylic acid groups (broad SMARTS) is 2. The molecule has 1 aromatic heterocycles. The molecule has 160 valence electrons. The van der Waals surface area contributed by atoms with Gasteiger partial charge in [-0.25, -0.2) is 4.90 Å². The van der Waals surface area contributed by atoms with Gasteiger partial charge in [0.15, 0.2) is 0 Å². The fraction of sp³-hybridized carbons (Fsp3) is 0.286. The largest absolute Gasteiger partial charge is 0.481 e. The summed E-state index contributed by atoms with van der Waals surface area (Å²) < 4.78 is 0. The summed E-state index contributed by atoms with van der Waals surface area (Å²) >= 11 is 6.16. The van der Waals surface area contributed by atoms with E-state index < -0.39 is 53.6 Å². The number of hydrogen-bond donors (Lipinski definition) is 3. The van der Waals surface area contributed by atoms with Crippen LogP contribution >= 0.6 is 11.6 Å². The number of hydrogen-bond acceptors (Lipinski definition) is 6. The van der Waals surface area contributed by atoms with Crippen LogP contribution in [0.3, 0.4) is 0 Å². The molecule has 2 saturated heterocycles. The lowest BCUT2D eigenvalue weighted by Crippen LogP contribution is -2.57. The fourth-order valence-corrected chi connectivity index (χ4v) is 4.64. The van der Waals surface area contributed by atoms with Gasteiger partial charge in [-0.15, -0.1) is 0 Å². The van der Waals surface area contributed by atoms with Crippen LogP contribution in [0.5, 0.6) is 0 Å². The second kappa shape index (κ2) is 7.44. The van der Waals surface area contributed by atoms with Gasteiger partial charge in [0.05, 0.1) is 35.7 Å². The Hall–Kier alpha value is -3.30. The number of pyridine rings is 1. The van der Waals surface area contributed by atoms with Gasteiger partial charge in [-0.1, -0.05) is 23.7 Å². The molecule has 2 aliphatic rings. The summed E-state index contributed by atoms with van der Waals surface area (Å²) in [6, 6.07) is 8.59. The van der Waals surface area contributed by atoms with E-state index in [2.05, 4.69) is 10.3 Å². The van der Waals surface area contributed by atoms with Crippen LogP contribution in [0.2, 0.25) is 5.02 Å². The van der Waals surface area contributed by atoms with Crippen LogP contribution in [0.15, 0.2) is 42.6 Å². The lowest BCUT2D eigenvalue weighted by atomic mass is 9.78. The van der Waals surface area contributed by atoms with Gasteiger partial charge < -0.3 is 10.2 Å². The van der Waals surface area contributed by atoms with Crippen LogP contribution in [0.4, 0.5) is 5.69 Å². The number of carbonyl (C=O) groups excluding carboxylic acids is 2. The maximum atomic E-state index is 13.4. The molecule has 2 aromatic rings. The number of aryl methyl sites for hydroxylation is 1. The van der Waals surface area contributed by atoms with E-state index >= 15 is 0 Å². The van der Waals surface area contributed by atoms with E-state index in [9.17, 15) is 29.4 Å². The van der Waals surface area contributed by atoms with Crippen LogP contribution in [-0.2, 0) is 19.2 Å². The number of aliphatic carboxylic acids is 2. The van der Waals surface area contributed by atoms with Crippen LogP contribution in [0.1, 0.15) is 23.7 Å². The number of rotatable bonds is 5. The topological polar surface area (TPSA) is 137 Å². The Morgan fingerprint density at radius 2 is 1.94 bits per heavy atom. The molecule has 10 heteroatoms. The lowest BCUT2D eigenvalue weighted by Gasteiger charge is -2.29. The molecule has 4 rings (SSSR count). The zero-order chi connectivity index (χ0) is 22.5. The summed E-state index contributed by atoms with van der Waals surface area (Å²) in [5.41, 5.74) is -0.886. The van der Waals surface area contributed by atoms with E-state index in [1.165, 1.54) is 12.3 Å². The third-order valence-electron chi connectivity index (χ3n) is 5.89. The third-order valence-corrected chi connectivity index (χ3v) is 6.29. The molecule has 2 aliphatic heterocycles. The molecule has 4 atom stereocenters. The Bertz CT molecular complexity index is 1110. The molecule has 2 fully saturated rings. The van der Waals surface area contributed by atoms with Gasteiger partial charge in [0.2, 0.25) is 11.8 Å². The van der Waals surface area contributed by atoms with E-state index in [0.717, 1.165) is 10.5 Å². The number of nitrogens with zero attached hydrogens (tertiary/aromatic N) is 2. The maximum absolute atomic E-state index is 13.4. The quantitative estimate of drug-likeness (QED) is 0.595. The molecular formula is C21H18ClN3O6. The predicted octanol–water partition coefficient (Wildman–Crippen LogP) is 1.79. The number of nitrogens with one attached hydrogen (secondary N) is 1. The molecule has 31 heavy (non-hydrogen) atoms. The number of anilines is 1. The zero-order valence-electron chi connectivity index (χ0n) is 16.3. The Kier molecular flexibility index (Phi) is 5.03. The van der Waals surface area contributed by atoms with Gasteiger partial charge in [0.25, 0.3) is 0 Å². The zero-order valence-corrected chi connectivity index (χ0v) is 17.0. The first kappa shape index (κ1) is 21.0. The Balaban J connectivity index is 1.88. The average molecular weight is 444 g/mol. The van der Waals surface area contributed by atoms with Crippen molar-refractivity contribution in [1.82, 2.24) is 10.3 Å². The highest BCUT2D eigenvalue weighted by atomic mass is 35.5. The van der Waals surface area contributed by atoms with Crippen molar-refractivity contribution in [3.05, 3.63) is 58.9 Å². The lowest BCUT2D eigenvalue weighted by molar-refractivity contribution is -0.154. The molecule has 1 aromatic carbocycles. The highest BCUT2D eigenvalue weighted by Crippen LogP contribution is 2.50. The van der Waals surface area contributed by atoms with Crippen LogP contribution in [-0.4, -0.2) is 44.5 Å². The monoisotopic (exact) mass is 443 g/mol. The molecule has 0 spiro atoms. The molecular weight excluding hydrogens is 426 g/mol. The first-order valence-corrected chi connectivity index (χ1v) is 9.83. The summed E-state index contributed by atoms with van der Waals surface area (Å²) in [6.45, 7) is 1.76. The van der Waals surface area contributed by atoms with Gasteiger partial charge in [-0.05, 0) is 36.8 Å². The minimum atomic E-state index is -2.17. The highest BCUT2D eigenvalue weighted by molar-refractivity contribution is 6.32. The number of halogens is 1. The first-order valence-electron chi connectivity index (χ1n) is 9.45. The fourth-order valence-electron chi connectivity index (χ4n) is 4.47. The maximum Gasteiger partial charge on any atom is 0.325 e. The van der Waals surface area contributed by atoms with Crippen molar-refractivity contribution in [1.29, 1.82) is 0 Å². The van der Waals surface area contributed by atoms with Crippen molar-refractivity contribution in [3.8, 4) is 0 Å². The van der Waals surface area contributed by atoms with Crippen molar-refractivity contribution in [2.24, 2.45) is 11.8 Å². The van der Waals surface area contributed by atoms with Gasteiger partial charge in [-0.3, -0.25) is 29.5 Å². The van der Waals surface area contributed by atoms with Crippen molar-refractivity contribution < 1.29 is 29.4 Å². The second-order valence-electron chi connectivity index (χ2n) is 7.67. The highest BCUT2D eigenvalue weighted by Gasteiger charge is 2.69. The Labute approximate surface area is 181 Å². The molecule has 0 bridgehead atoms. The average Bonchev–Trinajstić information content (AvgIpc) is 3.19. The normalized spacial score (nSPS) is 27.4. The van der Waals surface area contributed by atoms with Gasteiger partial charge >= 0.3 is 11.9 Å². The molecule has 3 heterocycles. The summed E-state index contributed by atoms with van der Waals surface area (Å²) in [4.78, 5) is 55.8. The van der Waals surface area contributed by atoms with E-state index in [0.29, 0.717) is 10.7 Å². The standard InChI is InChI=1S/C21H18ClN3O6/c1-10-5-6-11(8-12(10)22)25-18(28)15-16(19(25)29)21(20(30)31,9-14(26)27)24-17(15)13-4-2-3-7-23-13/h2-8,15-17,24H,9H2,1H3,(H,26,27)(H,30,31). The number of carboxylic acids is 2. The number of aromatic nitrogens is 1. The van der Waals surface area contributed by atoms with Crippen molar-refractivity contribution in [2.45, 2.75) is 24.9 Å². The smallest absolute Gasteiger partial charge is 0.325 e. The van der Waals surface area contributed by atoms with E-state index in [-0.39, 0.29) is 5.69 Å². The number of fused-ring (bicyclic) bond motifs is 1. The molecule has 0 saturated carbocycles. The number of amides is 2. The van der Waals surface area contributed by atoms with Crippen molar-refractivity contribution >= 4 is 41.0 Å². The van der Waals surface area contributed by atoms with Crippen molar-refractivity contribution in [2.75, 3.05) is 4.90 Å². The van der Waals surface area contributed by atoms with E-state index in [1.807, 2.05) is 0 Å². The van der Waals surface area contributed by atoms with Crippen molar-refractivity contribution in [3.63, 3.8) is 0 Å². The molecule has 4 unspecified atom stereocenters. The third kappa shape index (κ3) is 3.17. The molecule has 9 nitrogen and oxygen atoms in total. The van der Waals surface area contributed by atoms with Crippen LogP contribution in [0.25, 0.3) is 0 Å². The van der Waals surface area contributed by atoms with Gasteiger partial charge in [0.1, 0.15) is 5.54 Å². The van der Waals surface area contributed by atoms with Gasteiger partial charge in [-0.2, -0.15) is 0 Å².